The van der Waals surface area contributed by atoms with E-state index in [0.29, 0.717) is 5.02 Å². The molecule has 1 unspecified atom stereocenters. The third-order valence-electron chi connectivity index (χ3n) is 3.79. The average molecular weight is 359 g/mol. The fourth-order valence-corrected chi connectivity index (χ4v) is 2.80. The number of nitrogens with one attached hydrogen (secondary N) is 1. The molecule has 0 fully saturated rings. The lowest BCUT2D eigenvalue weighted by atomic mass is 10.1. The van der Waals surface area contributed by atoms with Crippen LogP contribution in [0.2, 0.25) is 5.02 Å². The van der Waals surface area contributed by atoms with Gasteiger partial charge in [0, 0.05) is 28.5 Å². The highest BCUT2D eigenvalue weighted by Gasteiger charge is 2.20. The van der Waals surface area contributed by atoms with E-state index in [4.69, 9.17) is 27.2 Å². The highest BCUT2D eigenvalue weighted by Crippen LogP contribution is 2.23. The summed E-state index contributed by atoms with van der Waals surface area (Å²) in [6, 6.07) is 11.3. The molecule has 6 nitrogen and oxygen atoms in total. The van der Waals surface area contributed by atoms with Crippen LogP contribution < -0.4 is 5.73 Å². The van der Waals surface area contributed by atoms with Gasteiger partial charge in [-0.3, -0.25) is 5.73 Å². The van der Waals surface area contributed by atoms with Gasteiger partial charge in [0.1, 0.15) is 0 Å². The molecule has 2 aromatic carbocycles. The molecule has 0 saturated carbocycles. The first-order valence-electron chi connectivity index (χ1n) is 7.50. The molecular formula is C18H15ClN2O4. The highest BCUT2D eigenvalue weighted by atomic mass is 35.5. The molecule has 3 rings (SSSR count). The highest BCUT2D eigenvalue weighted by molar-refractivity contribution is 6.31. The van der Waals surface area contributed by atoms with Crippen LogP contribution in [0.15, 0.2) is 48.7 Å². The van der Waals surface area contributed by atoms with Gasteiger partial charge >= 0.3 is 11.9 Å². The van der Waals surface area contributed by atoms with E-state index in [-0.39, 0.29) is 17.5 Å². The van der Waals surface area contributed by atoms with E-state index >= 15 is 0 Å². The number of halogens is 1. The van der Waals surface area contributed by atoms with Crippen LogP contribution in [0.25, 0.3) is 10.9 Å². The van der Waals surface area contributed by atoms with E-state index < -0.39 is 18.2 Å². The second-order valence-corrected chi connectivity index (χ2v) is 5.94. The van der Waals surface area contributed by atoms with Gasteiger partial charge in [-0.2, -0.15) is 0 Å². The number of hydrogen-bond donors (Lipinski definition) is 3. The Hall–Kier alpha value is -2.83. The number of benzene rings is 2. The first kappa shape index (κ1) is 17.0. The fraction of sp³-hybridized carbons (Fsp3) is 0.111. The molecule has 0 aliphatic rings. The van der Waals surface area contributed by atoms with Crippen LogP contribution >= 0.6 is 11.6 Å². The first-order chi connectivity index (χ1) is 12.0. The predicted molar refractivity (Wildman–Crippen MR) is 93.8 cm³/mol. The van der Waals surface area contributed by atoms with Gasteiger partial charge in [-0.25, -0.2) is 9.59 Å². The normalized spacial score (nSPS) is 12.1. The average Bonchev–Trinajstić information content (AvgIpc) is 2.96. The Labute approximate surface area is 148 Å². The molecule has 25 heavy (non-hydrogen) atoms. The Kier molecular flexibility index (Phi) is 4.74. The van der Waals surface area contributed by atoms with Crippen molar-refractivity contribution in [3.63, 3.8) is 0 Å². The van der Waals surface area contributed by atoms with E-state index in [0.717, 1.165) is 16.5 Å². The Bertz CT molecular complexity index is 951. The number of ether oxygens (including phenoxy) is 1. The predicted octanol–water partition coefficient (Wildman–Crippen LogP) is 3.20. The summed E-state index contributed by atoms with van der Waals surface area (Å²) in [6.07, 6.45) is 1.12. The van der Waals surface area contributed by atoms with Crippen molar-refractivity contribution in [3.8, 4) is 0 Å². The summed E-state index contributed by atoms with van der Waals surface area (Å²) in [5, 5.41) is 10.6. The van der Waals surface area contributed by atoms with Gasteiger partial charge < -0.3 is 14.8 Å². The summed E-state index contributed by atoms with van der Waals surface area (Å²) < 4.78 is 5.21. The maximum absolute atomic E-state index is 12.2. The molecule has 7 heteroatoms. The summed E-state index contributed by atoms with van der Waals surface area (Å²) in [5.41, 5.74) is 7.51. The molecule has 0 aliphatic heterocycles. The number of carboxylic acids is 1. The molecule has 128 valence electrons. The molecule has 3 aromatic rings. The molecule has 0 amide bonds. The maximum atomic E-state index is 12.2. The number of aromatic amines is 1. The smallest absolute Gasteiger partial charge is 0.340 e. The van der Waals surface area contributed by atoms with Gasteiger partial charge in [0.2, 0.25) is 0 Å². The number of esters is 1. The lowest BCUT2D eigenvalue weighted by Crippen LogP contribution is -2.30. The molecule has 0 radical (unpaired) electrons. The van der Waals surface area contributed by atoms with Crippen molar-refractivity contribution in [1.82, 2.24) is 4.98 Å². The molecule has 1 aromatic heterocycles. The van der Waals surface area contributed by atoms with Crippen molar-refractivity contribution >= 4 is 34.4 Å². The Morgan fingerprint density at radius 3 is 2.64 bits per heavy atom. The van der Waals surface area contributed by atoms with Gasteiger partial charge in [0.25, 0.3) is 0 Å². The zero-order valence-electron chi connectivity index (χ0n) is 13.0. The molecule has 0 bridgehead atoms. The molecule has 1 atom stereocenters. The minimum absolute atomic E-state index is 0.0348. The summed E-state index contributed by atoms with van der Waals surface area (Å²) in [6.45, 7) is 0. The van der Waals surface area contributed by atoms with Crippen molar-refractivity contribution in [2.24, 2.45) is 5.73 Å². The van der Waals surface area contributed by atoms with Crippen LogP contribution in [-0.4, -0.2) is 28.3 Å². The zero-order chi connectivity index (χ0) is 18.0. The quantitative estimate of drug-likeness (QED) is 0.479. The number of rotatable bonds is 5. The van der Waals surface area contributed by atoms with E-state index in [1.807, 2.05) is 6.07 Å². The van der Waals surface area contributed by atoms with E-state index in [1.165, 1.54) is 18.2 Å². The Morgan fingerprint density at radius 2 is 1.92 bits per heavy atom. The summed E-state index contributed by atoms with van der Waals surface area (Å²) in [7, 11) is 0. The number of fused-ring (bicyclic) bond motifs is 1. The van der Waals surface area contributed by atoms with E-state index in [9.17, 15) is 9.59 Å². The van der Waals surface area contributed by atoms with Crippen molar-refractivity contribution in [3.05, 3.63) is 70.4 Å². The van der Waals surface area contributed by atoms with Crippen LogP contribution in [-0.2, 0) is 11.2 Å². The van der Waals surface area contributed by atoms with Gasteiger partial charge in [-0.15, -0.1) is 0 Å². The van der Waals surface area contributed by atoms with Crippen molar-refractivity contribution < 1.29 is 19.4 Å². The Morgan fingerprint density at radius 1 is 1.20 bits per heavy atom. The third-order valence-corrected chi connectivity index (χ3v) is 4.02. The van der Waals surface area contributed by atoms with Crippen LogP contribution in [0, 0.1) is 0 Å². The molecule has 0 spiro atoms. The fourth-order valence-electron chi connectivity index (χ4n) is 2.63. The molecule has 4 N–H and O–H groups in total. The largest absolute Gasteiger partial charge is 0.478 e. The lowest BCUT2D eigenvalue weighted by Gasteiger charge is -2.14. The number of nitrogens with two attached hydrogens (primary N) is 1. The first-order valence-corrected chi connectivity index (χ1v) is 7.88. The summed E-state index contributed by atoms with van der Waals surface area (Å²) >= 11 is 6.01. The SMILES string of the molecule is NC(Cc1c[nH]c2ccc(Cl)cc12)OC(=O)c1ccccc1C(=O)O. The van der Waals surface area contributed by atoms with Crippen molar-refractivity contribution in [1.29, 1.82) is 0 Å². The number of carboxylic acid groups (broad SMARTS) is 1. The van der Waals surface area contributed by atoms with Gasteiger partial charge in [-0.1, -0.05) is 23.7 Å². The number of carbonyl (C=O) groups excluding carboxylic acids is 1. The Balaban J connectivity index is 1.76. The lowest BCUT2D eigenvalue weighted by molar-refractivity contribution is 0.0312. The summed E-state index contributed by atoms with van der Waals surface area (Å²) in [5.74, 6) is -1.98. The van der Waals surface area contributed by atoms with Crippen LogP contribution in [0.1, 0.15) is 26.3 Å². The van der Waals surface area contributed by atoms with Crippen LogP contribution in [0.3, 0.4) is 0 Å². The molecule has 1 heterocycles. The minimum Gasteiger partial charge on any atom is -0.478 e. The van der Waals surface area contributed by atoms with Gasteiger partial charge in [-0.05, 0) is 35.9 Å². The second kappa shape index (κ2) is 6.96. The molecule has 0 aliphatic carbocycles. The van der Waals surface area contributed by atoms with Crippen molar-refractivity contribution in [2.75, 3.05) is 0 Å². The summed E-state index contributed by atoms with van der Waals surface area (Å²) in [4.78, 5) is 26.5. The standard InChI is InChI=1S/C18H15ClN2O4/c19-11-5-6-15-14(8-11)10(9-21-15)7-16(20)25-18(24)13-4-2-1-3-12(13)17(22)23/h1-6,8-9,16,21H,7,20H2,(H,22,23). The van der Waals surface area contributed by atoms with Gasteiger partial charge in [0.05, 0.1) is 11.1 Å². The number of hydrogen-bond acceptors (Lipinski definition) is 4. The molecular weight excluding hydrogens is 344 g/mol. The minimum atomic E-state index is -1.20. The van der Waals surface area contributed by atoms with Crippen LogP contribution in [0.5, 0.6) is 0 Å². The topological polar surface area (TPSA) is 105 Å². The van der Waals surface area contributed by atoms with Crippen LogP contribution in [0.4, 0.5) is 0 Å². The second-order valence-electron chi connectivity index (χ2n) is 5.50. The van der Waals surface area contributed by atoms with Gasteiger partial charge in [0.15, 0.2) is 6.23 Å². The maximum Gasteiger partial charge on any atom is 0.340 e. The van der Waals surface area contributed by atoms with E-state index in [1.54, 1.807) is 24.4 Å². The molecule has 0 saturated heterocycles. The number of carbonyl (C=O) groups is 2. The number of H-pyrrole nitrogens is 1. The third kappa shape index (κ3) is 3.65. The number of aromatic nitrogens is 1. The van der Waals surface area contributed by atoms with E-state index in [2.05, 4.69) is 4.98 Å². The number of aromatic carboxylic acids is 1. The zero-order valence-corrected chi connectivity index (χ0v) is 13.8. The van der Waals surface area contributed by atoms with Crippen molar-refractivity contribution in [2.45, 2.75) is 12.6 Å². The monoisotopic (exact) mass is 358 g/mol.